The maximum absolute atomic E-state index is 12.7. The van der Waals surface area contributed by atoms with Gasteiger partial charge in [-0.25, -0.2) is 0 Å². The summed E-state index contributed by atoms with van der Waals surface area (Å²) < 4.78 is 38.0. The molecule has 0 N–H and O–H groups in total. The van der Waals surface area contributed by atoms with Crippen molar-refractivity contribution in [2.75, 3.05) is 0 Å². The molecule has 0 spiro atoms. The van der Waals surface area contributed by atoms with Crippen LogP contribution in [0, 0.1) is 11.8 Å². The number of alkyl halides is 3. The standard InChI is InChI=1S/C10H14ClF3O/c11-9(15)6-8(10(12,13)14)7-4-2-1-3-5-7/h7-8H,1-6H2. The van der Waals surface area contributed by atoms with Gasteiger partial charge >= 0.3 is 6.18 Å². The summed E-state index contributed by atoms with van der Waals surface area (Å²) in [5, 5.41) is -0.886. The van der Waals surface area contributed by atoms with E-state index in [1.807, 2.05) is 0 Å². The summed E-state index contributed by atoms with van der Waals surface area (Å²) >= 11 is 5.06. The summed E-state index contributed by atoms with van der Waals surface area (Å²) in [5.41, 5.74) is 0. The maximum Gasteiger partial charge on any atom is 0.392 e. The quantitative estimate of drug-likeness (QED) is 0.686. The van der Waals surface area contributed by atoms with Gasteiger partial charge in [0, 0.05) is 6.42 Å². The zero-order valence-electron chi connectivity index (χ0n) is 8.32. The van der Waals surface area contributed by atoms with E-state index in [1.165, 1.54) is 0 Å². The van der Waals surface area contributed by atoms with Gasteiger partial charge in [-0.2, -0.15) is 13.2 Å². The lowest BCUT2D eigenvalue weighted by Gasteiger charge is -2.30. The first kappa shape index (κ1) is 12.8. The number of rotatable bonds is 3. The molecule has 1 rings (SSSR count). The summed E-state index contributed by atoms with van der Waals surface area (Å²) in [5.74, 6) is -1.95. The lowest BCUT2D eigenvalue weighted by molar-refractivity contribution is -0.193. The van der Waals surface area contributed by atoms with Gasteiger partial charge in [0.2, 0.25) is 5.24 Å². The van der Waals surface area contributed by atoms with Crippen LogP contribution in [0.2, 0.25) is 0 Å². The van der Waals surface area contributed by atoms with Crippen molar-refractivity contribution in [3.8, 4) is 0 Å². The van der Waals surface area contributed by atoms with E-state index in [2.05, 4.69) is 0 Å². The molecule has 1 saturated carbocycles. The Morgan fingerprint density at radius 2 is 1.80 bits per heavy atom. The van der Waals surface area contributed by atoms with Crippen molar-refractivity contribution in [3.63, 3.8) is 0 Å². The highest BCUT2D eigenvalue weighted by atomic mass is 35.5. The van der Waals surface area contributed by atoms with E-state index >= 15 is 0 Å². The monoisotopic (exact) mass is 242 g/mol. The van der Waals surface area contributed by atoms with Crippen molar-refractivity contribution >= 4 is 16.8 Å². The number of hydrogen-bond donors (Lipinski definition) is 0. The first-order valence-electron chi connectivity index (χ1n) is 5.16. The largest absolute Gasteiger partial charge is 0.392 e. The van der Waals surface area contributed by atoms with Crippen LogP contribution in [0.15, 0.2) is 0 Å². The predicted octanol–water partition coefficient (Wildman–Crippen LogP) is 3.90. The lowest BCUT2D eigenvalue weighted by atomic mass is 9.78. The van der Waals surface area contributed by atoms with E-state index in [9.17, 15) is 18.0 Å². The molecule has 0 radical (unpaired) electrons. The van der Waals surface area contributed by atoms with Crippen LogP contribution >= 0.6 is 11.6 Å². The molecule has 0 bridgehead atoms. The maximum atomic E-state index is 12.7. The minimum absolute atomic E-state index is 0.415. The fourth-order valence-electron chi connectivity index (χ4n) is 2.26. The van der Waals surface area contributed by atoms with Crippen LogP contribution in [0.5, 0.6) is 0 Å². The molecule has 0 aromatic carbocycles. The minimum Gasteiger partial charge on any atom is -0.281 e. The van der Waals surface area contributed by atoms with Gasteiger partial charge in [0.15, 0.2) is 0 Å². The zero-order chi connectivity index (χ0) is 11.5. The Kier molecular flexibility index (Phi) is 4.44. The van der Waals surface area contributed by atoms with Gasteiger partial charge in [0.25, 0.3) is 0 Å². The van der Waals surface area contributed by atoms with E-state index in [1.54, 1.807) is 0 Å². The fourth-order valence-corrected chi connectivity index (χ4v) is 2.43. The van der Waals surface area contributed by atoms with Crippen LogP contribution in [0.4, 0.5) is 13.2 Å². The molecule has 1 atom stereocenters. The van der Waals surface area contributed by atoms with E-state index < -0.39 is 29.7 Å². The molecule has 0 heterocycles. The molecule has 1 nitrogen and oxygen atoms in total. The Morgan fingerprint density at radius 1 is 1.27 bits per heavy atom. The molecule has 88 valence electrons. The molecule has 1 aliphatic rings. The molecular weight excluding hydrogens is 229 g/mol. The molecule has 1 unspecified atom stereocenters. The summed E-state index contributed by atoms with van der Waals surface area (Å²) in [4.78, 5) is 10.6. The van der Waals surface area contributed by atoms with E-state index in [-0.39, 0.29) is 0 Å². The van der Waals surface area contributed by atoms with Crippen molar-refractivity contribution in [2.24, 2.45) is 11.8 Å². The Bertz CT molecular complexity index is 221. The highest BCUT2D eigenvalue weighted by molar-refractivity contribution is 6.63. The molecule has 1 aliphatic carbocycles. The third-order valence-electron chi connectivity index (χ3n) is 3.02. The molecule has 15 heavy (non-hydrogen) atoms. The molecule has 0 amide bonds. The first-order valence-corrected chi connectivity index (χ1v) is 5.54. The number of carbonyl (C=O) groups excluding carboxylic acids is 1. The number of halogens is 4. The van der Waals surface area contributed by atoms with Crippen LogP contribution in [0.1, 0.15) is 38.5 Å². The van der Waals surface area contributed by atoms with Gasteiger partial charge in [-0.05, 0) is 30.4 Å². The average molecular weight is 243 g/mol. The van der Waals surface area contributed by atoms with Crippen molar-refractivity contribution in [1.82, 2.24) is 0 Å². The van der Waals surface area contributed by atoms with Crippen LogP contribution in [0.3, 0.4) is 0 Å². The highest BCUT2D eigenvalue weighted by Gasteiger charge is 2.45. The molecular formula is C10H14ClF3O. The van der Waals surface area contributed by atoms with Crippen molar-refractivity contribution < 1.29 is 18.0 Å². The van der Waals surface area contributed by atoms with Crippen LogP contribution < -0.4 is 0 Å². The first-order chi connectivity index (χ1) is 6.91. The van der Waals surface area contributed by atoms with E-state index in [0.717, 1.165) is 19.3 Å². The molecule has 1 fully saturated rings. The Morgan fingerprint density at radius 3 is 2.20 bits per heavy atom. The zero-order valence-corrected chi connectivity index (χ0v) is 9.07. The second-order valence-electron chi connectivity index (χ2n) is 4.11. The Hall–Kier alpha value is -0.250. The van der Waals surface area contributed by atoms with Gasteiger partial charge in [0.1, 0.15) is 0 Å². The molecule has 0 aliphatic heterocycles. The van der Waals surface area contributed by atoms with Crippen molar-refractivity contribution in [2.45, 2.75) is 44.7 Å². The predicted molar refractivity (Wildman–Crippen MR) is 51.6 cm³/mol. The van der Waals surface area contributed by atoms with Gasteiger partial charge < -0.3 is 0 Å². The van der Waals surface area contributed by atoms with E-state index in [4.69, 9.17) is 11.6 Å². The highest BCUT2D eigenvalue weighted by Crippen LogP contribution is 2.41. The second-order valence-corrected chi connectivity index (χ2v) is 4.53. The minimum atomic E-state index is -4.30. The second kappa shape index (κ2) is 5.19. The molecule has 0 aromatic rings. The number of carbonyl (C=O) groups is 1. The van der Waals surface area contributed by atoms with Crippen LogP contribution in [0.25, 0.3) is 0 Å². The van der Waals surface area contributed by atoms with Crippen LogP contribution in [-0.2, 0) is 4.79 Å². The van der Waals surface area contributed by atoms with Gasteiger partial charge in [-0.3, -0.25) is 4.79 Å². The molecule has 0 aromatic heterocycles. The third kappa shape index (κ3) is 4.01. The Labute approximate surface area is 92.0 Å². The van der Waals surface area contributed by atoms with Gasteiger partial charge in [0.05, 0.1) is 5.92 Å². The van der Waals surface area contributed by atoms with Crippen molar-refractivity contribution in [1.29, 1.82) is 0 Å². The summed E-state index contributed by atoms with van der Waals surface area (Å²) in [6, 6.07) is 0. The lowest BCUT2D eigenvalue weighted by Crippen LogP contribution is -2.32. The third-order valence-corrected chi connectivity index (χ3v) is 3.17. The van der Waals surface area contributed by atoms with Gasteiger partial charge in [-0.1, -0.05) is 19.3 Å². The summed E-state index contributed by atoms with van der Waals surface area (Å²) in [6.45, 7) is 0. The van der Waals surface area contributed by atoms with Crippen LogP contribution in [-0.4, -0.2) is 11.4 Å². The SMILES string of the molecule is O=C(Cl)CC(C1CCCCC1)C(F)(F)F. The molecule has 5 heteroatoms. The topological polar surface area (TPSA) is 17.1 Å². The smallest absolute Gasteiger partial charge is 0.281 e. The average Bonchev–Trinajstić information content (AvgIpc) is 2.14. The van der Waals surface area contributed by atoms with Crippen molar-refractivity contribution in [3.05, 3.63) is 0 Å². The summed E-state index contributed by atoms with van der Waals surface area (Å²) in [6.07, 6.45) is -1.09. The van der Waals surface area contributed by atoms with Gasteiger partial charge in [-0.15, -0.1) is 0 Å². The van der Waals surface area contributed by atoms with E-state index in [0.29, 0.717) is 12.8 Å². The number of hydrogen-bond acceptors (Lipinski definition) is 1. The fraction of sp³-hybridized carbons (Fsp3) is 0.900. The Balaban J connectivity index is 2.66. The molecule has 0 saturated heterocycles. The normalized spacial score (nSPS) is 21.3. The summed E-state index contributed by atoms with van der Waals surface area (Å²) in [7, 11) is 0.